The molecule has 27 heavy (non-hydrogen) atoms. The van der Waals surface area contributed by atoms with Gasteiger partial charge in [0.05, 0.1) is 6.42 Å². The molecule has 0 N–H and O–H groups in total. The maximum absolute atomic E-state index is 13.0. The summed E-state index contributed by atoms with van der Waals surface area (Å²) in [6, 6.07) is 13.1. The molecule has 0 atom stereocenters. The van der Waals surface area contributed by atoms with Crippen molar-refractivity contribution in [3.05, 3.63) is 65.0 Å². The zero-order valence-electron chi connectivity index (χ0n) is 15.8. The highest BCUT2D eigenvalue weighted by molar-refractivity contribution is 6.01. The second-order valence-electron chi connectivity index (χ2n) is 7.60. The van der Waals surface area contributed by atoms with E-state index in [1.165, 1.54) is 17.7 Å². The number of hydrogen-bond acceptors (Lipinski definition) is 3. The summed E-state index contributed by atoms with van der Waals surface area (Å²) in [7, 11) is 0. The molecular weight excluding hydrogens is 341 g/mol. The SMILES string of the molecule is Cc1ccc2c(c1)CC(=O)N2CCN1CCN(Cc2ccc(F)cc2)CC1. The number of halogens is 1. The monoisotopic (exact) mass is 367 g/mol. The van der Waals surface area contributed by atoms with Crippen LogP contribution in [0.15, 0.2) is 42.5 Å². The van der Waals surface area contributed by atoms with Crippen LogP contribution in [-0.4, -0.2) is 55.0 Å². The summed E-state index contributed by atoms with van der Waals surface area (Å²) in [5, 5.41) is 0. The first-order valence-electron chi connectivity index (χ1n) is 9.67. The molecule has 0 aliphatic carbocycles. The first kappa shape index (κ1) is 18.1. The standard InChI is InChI=1S/C22H26FN3O/c1-17-2-7-21-19(14-17)15-22(27)26(21)13-12-24-8-10-25(11-9-24)16-18-3-5-20(23)6-4-18/h2-7,14H,8-13,15-16H2,1H3. The van der Waals surface area contributed by atoms with Crippen molar-refractivity contribution in [3.63, 3.8) is 0 Å². The van der Waals surface area contributed by atoms with E-state index in [9.17, 15) is 9.18 Å². The lowest BCUT2D eigenvalue weighted by molar-refractivity contribution is -0.117. The molecular formula is C22H26FN3O. The molecule has 5 heteroatoms. The van der Waals surface area contributed by atoms with Gasteiger partial charge in [-0.1, -0.05) is 29.8 Å². The summed E-state index contributed by atoms with van der Waals surface area (Å²) in [5.74, 6) is 0.0299. The lowest BCUT2D eigenvalue weighted by atomic mass is 10.1. The molecule has 0 saturated carbocycles. The highest BCUT2D eigenvalue weighted by Crippen LogP contribution is 2.29. The Morgan fingerprint density at radius 2 is 1.63 bits per heavy atom. The number of fused-ring (bicyclic) bond motifs is 1. The van der Waals surface area contributed by atoms with Crippen molar-refractivity contribution in [1.82, 2.24) is 9.80 Å². The Labute approximate surface area is 160 Å². The van der Waals surface area contributed by atoms with E-state index < -0.39 is 0 Å². The smallest absolute Gasteiger partial charge is 0.231 e. The average Bonchev–Trinajstić information content (AvgIpc) is 2.97. The number of amides is 1. The first-order valence-corrected chi connectivity index (χ1v) is 9.67. The van der Waals surface area contributed by atoms with Crippen molar-refractivity contribution in [2.45, 2.75) is 19.9 Å². The van der Waals surface area contributed by atoms with Gasteiger partial charge in [0.1, 0.15) is 5.82 Å². The molecule has 2 aliphatic rings. The quantitative estimate of drug-likeness (QED) is 0.813. The Morgan fingerprint density at radius 3 is 2.37 bits per heavy atom. The molecule has 1 amide bonds. The summed E-state index contributed by atoms with van der Waals surface area (Å²) in [6.45, 7) is 8.61. The molecule has 0 unspecified atom stereocenters. The van der Waals surface area contributed by atoms with E-state index in [4.69, 9.17) is 0 Å². The van der Waals surface area contributed by atoms with Gasteiger partial charge in [-0.05, 0) is 36.2 Å². The van der Waals surface area contributed by atoms with Crippen LogP contribution < -0.4 is 4.90 Å². The molecule has 2 aliphatic heterocycles. The van der Waals surface area contributed by atoms with Crippen molar-refractivity contribution in [1.29, 1.82) is 0 Å². The summed E-state index contributed by atoms with van der Waals surface area (Å²) in [6.07, 6.45) is 0.530. The predicted molar refractivity (Wildman–Crippen MR) is 105 cm³/mol. The van der Waals surface area contributed by atoms with Crippen molar-refractivity contribution < 1.29 is 9.18 Å². The normalized spacial score (nSPS) is 18.1. The lowest BCUT2D eigenvalue weighted by Crippen LogP contribution is -2.48. The number of carbonyl (C=O) groups is 1. The molecule has 4 rings (SSSR count). The highest BCUT2D eigenvalue weighted by Gasteiger charge is 2.27. The third-order valence-electron chi connectivity index (χ3n) is 5.59. The van der Waals surface area contributed by atoms with Gasteiger partial charge < -0.3 is 4.90 Å². The van der Waals surface area contributed by atoms with Gasteiger partial charge in [0, 0.05) is 51.5 Å². The van der Waals surface area contributed by atoms with Crippen molar-refractivity contribution >= 4 is 11.6 Å². The summed E-state index contributed by atoms with van der Waals surface area (Å²) >= 11 is 0. The topological polar surface area (TPSA) is 26.8 Å². The van der Waals surface area contributed by atoms with E-state index >= 15 is 0 Å². The van der Waals surface area contributed by atoms with Crippen LogP contribution in [0.25, 0.3) is 0 Å². The molecule has 0 radical (unpaired) electrons. The van der Waals surface area contributed by atoms with Gasteiger partial charge in [-0.15, -0.1) is 0 Å². The molecule has 142 valence electrons. The first-order chi connectivity index (χ1) is 13.1. The second kappa shape index (κ2) is 7.79. The Balaban J connectivity index is 1.26. The van der Waals surface area contributed by atoms with Crippen LogP contribution >= 0.6 is 0 Å². The van der Waals surface area contributed by atoms with Crippen molar-refractivity contribution in [2.24, 2.45) is 0 Å². The van der Waals surface area contributed by atoms with Crippen LogP contribution in [0, 0.1) is 12.7 Å². The van der Waals surface area contributed by atoms with Crippen LogP contribution in [0.2, 0.25) is 0 Å². The van der Waals surface area contributed by atoms with Gasteiger partial charge in [0.15, 0.2) is 0 Å². The third kappa shape index (κ3) is 4.20. The van der Waals surface area contributed by atoms with E-state index in [1.54, 1.807) is 0 Å². The molecule has 2 heterocycles. The molecule has 1 fully saturated rings. The summed E-state index contributed by atoms with van der Waals surface area (Å²) < 4.78 is 13.0. The van der Waals surface area contributed by atoms with Gasteiger partial charge in [-0.2, -0.15) is 0 Å². The van der Waals surface area contributed by atoms with Crippen LogP contribution in [0.1, 0.15) is 16.7 Å². The number of benzene rings is 2. The van der Waals surface area contributed by atoms with Crippen molar-refractivity contribution in [3.8, 4) is 0 Å². The minimum absolute atomic E-state index is 0.184. The molecule has 2 aromatic carbocycles. The lowest BCUT2D eigenvalue weighted by Gasteiger charge is -2.35. The minimum Gasteiger partial charge on any atom is -0.311 e. The second-order valence-corrected chi connectivity index (χ2v) is 7.60. The number of aryl methyl sites for hydroxylation is 1. The molecule has 1 saturated heterocycles. The number of hydrogen-bond donors (Lipinski definition) is 0. The Kier molecular flexibility index (Phi) is 5.23. The fraction of sp³-hybridized carbons (Fsp3) is 0.409. The van der Waals surface area contributed by atoms with Gasteiger partial charge >= 0.3 is 0 Å². The van der Waals surface area contributed by atoms with Crippen molar-refractivity contribution in [2.75, 3.05) is 44.2 Å². The average molecular weight is 367 g/mol. The Morgan fingerprint density at radius 1 is 0.926 bits per heavy atom. The maximum atomic E-state index is 13.0. The maximum Gasteiger partial charge on any atom is 0.231 e. The minimum atomic E-state index is -0.184. The van der Waals surface area contributed by atoms with E-state index in [2.05, 4.69) is 34.9 Å². The van der Waals surface area contributed by atoms with E-state index in [0.717, 1.165) is 62.6 Å². The van der Waals surface area contributed by atoms with E-state index in [-0.39, 0.29) is 11.7 Å². The third-order valence-corrected chi connectivity index (χ3v) is 5.59. The largest absolute Gasteiger partial charge is 0.311 e. The molecule has 4 nitrogen and oxygen atoms in total. The number of rotatable bonds is 5. The van der Waals surface area contributed by atoms with E-state index in [0.29, 0.717) is 6.42 Å². The molecule has 0 aromatic heterocycles. The number of nitrogens with zero attached hydrogens (tertiary/aromatic N) is 3. The van der Waals surface area contributed by atoms with Crippen LogP contribution in [-0.2, 0) is 17.8 Å². The van der Waals surface area contributed by atoms with Gasteiger partial charge in [0.25, 0.3) is 0 Å². The highest BCUT2D eigenvalue weighted by atomic mass is 19.1. The fourth-order valence-electron chi connectivity index (χ4n) is 4.02. The number of anilines is 1. The fourth-order valence-corrected chi connectivity index (χ4v) is 4.02. The van der Waals surface area contributed by atoms with Crippen LogP contribution in [0.4, 0.5) is 10.1 Å². The van der Waals surface area contributed by atoms with Crippen LogP contribution in [0.5, 0.6) is 0 Å². The Hall–Kier alpha value is -2.24. The van der Waals surface area contributed by atoms with Crippen LogP contribution in [0.3, 0.4) is 0 Å². The molecule has 0 bridgehead atoms. The summed E-state index contributed by atoms with van der Waals surface area (Å²) in [5.41, 5.74) is 4.60. The van der Waals surface area contributed by atoms with Gasteiger partial charge in [-0.3, -0.25) is 14.6 Å². The Bertz CT molecular complexity index is 813. The van der Waals surface area contributed by atoms with E-state index in [1.807, 2.05) is 17.0 Å². The number of piperazine rings is 1. The molecule has 0 spiro atoms. The molecule has 2 aromatic rings. The zero-order valence-corrected chi connectivity index (χ0v) is 15.8. The number of carbonyl (C=O) groups excluding carboxylic acids is 1. The van der Waals surface area contributed by atoms with Gasteiger partial charge in [0.2, 0.25) is 5.91 Å². The predicted octanol–water partition coefficient (Wildman–Crippen LogP) is 2.84. The zero-order chi connectivity index (χ0) is 18.8. The summed E-state index contributed by atoms with van der Waals surface area (Å²) in [4.78, 5) is 19.1. The van der Waals surface area contributed by atoms with Gasteiger partial charge in [-0.25, -0.2) is 4.39 Å².